The van der Waals surface area contributed by atoms with Crippen LogP contribution in [0.4, 0.5) is 10.1 Å². The van der Waals surface area contributed by atoms with Crippen LogP contribution >= 0.6 is 0 Å². The van der Waals surface area contributed by atoms with E-state index >= 15 is 0 Å². The minimum Gasteiger partial charge on any atom is -0.489 e. The van der Waals surface area contributed by atoms with Crippen LogP contribution in [0, 0.1) is 0 Å². The quantitative estimate of drug-likeness (QED) is 0.876. The molecule has 0 amide bonds. The summed E-state index contributed by atoms with van der Waals surface area (Å²) in [7, 11) is 1.87. The third kappa shape index (κ3) is 3.48. The van der Waals surface area contributed by atoms with E-state index in [4.69, 9.17) is 4.74 Å². The second-order valence-electron chi connectivity index (χ2n) is 3.99. The molecule has 0 aliphatic heterocycles. The first-order valence-electron chi connectivity index (χ1n) is 5.88. The highest BCUT2D eigenvalue weighted by Crippen LogP contribution is 2.16. The van der Waals surface area contributed by atoms with Gasteiger partial charge in [0.05, 0.1) is 0 Å². The van der Waals surface area contributed by atoms with Crippen molar-refractivity contribution < 1.29 is 9.13 Å². The number of allylic oxidation sites excluding steroid dienone is 4. The summed E-state index contributed by atoms with van der Waals surface area (Å²) in [5.74, 6) is 0.799. The van der Waals surface area contributed by atoms with Gasteiger partial charge in [-0.1, -0.05) is 18.2 Å². The summed E-state index contributed by atoms with van der Waals surface area (Å²) in [6.45, 7) is 0.437. The van der Waals surface area contributed by atoms with Gasteiger partial charge in [-0.2, -0.15) is 0 Å². The molecule has 0 spiro atoms. The van der Waals surface area contributed by atoms with Crippen LogP contribution in [0.3, 0.4) is 0 Å². The number of rotatable bonds is 4. The van der Waals surface area contributed by atoms with Crippen LogP contribution in [-0.4, -0.2) is 19.8 Å². The molecule has 1 aromatic carbocycles. The highest BCUT2D eigenvalue weighted by Gasteiger charge is 2.01. The van der Waals surface area contributed by atoms with Gasteiger partial charge in [0.25, 0.3) is 0 Å². The Kier molecular flexibility index (Phi) is 4.18. The van der Waals surface area contributed by atoms with Gasteiger partial charge >= 0.3 is 0 Å². The molecule has 1 aliphatic rings. The molecule has 1 aromatic rings. The second-order valence-corrected chi connectivity index (χ2v) is 3.99. The molecule has 1 unspecified atom stereocenters. The van der Waals surface area contributed by atoms with E-state index in [1.54, 1.807) is 12.2 Å². The minimum absolute atomic E-state index is 0.437. The Bertz CT molecular complexity index is 474. The zero-order chi connectivity index (χ0) is 12.8. The maximum atomic E-state index is 13.0. The molecule has 1 N–H and O–H groups in total. The Labute approximate surface area is 106 Å². The van der Waals surface area contributed by atoms with Crippen molar-refractivity contribution in [1.82, 2.24) is 0 Å². The molecule has 0 fully saturated rings. The van der Waals surface area contributed by atoms with E-state index in [-0.39, 0.29) is 0 Å². The van der Waals surface area contributed by atoms with Gasteiger partial charge in [0.1, 0.15) is 18.5 Å². The molecule has 2 nitrogen and oxygen atoms in total. The molecule has 0 radical (unpaired) electrons. The summed E-state index contributed by atoms with van der Waals surface area (Å²) in [6, 6.07) is 7.70. The number of benzene rings is 1. The predicted molar refractivity (Wildman–Crippen MR) is 72.7 cm³/mol. The molecule has 0 saturated heterocycles. The molecule has 0 saturated carbocycles. The average molecular weight is 245 g/mol. The van der Waals surface area contributed by atoms with Gasteiger partial charge in [-0.25, -0.2) is 4.39 Å². The lowest BCUT2D eigenvalue weighted by atomic mass is 10.2. The van der Waals surface area contributed by atoms with Crippen LogP contribution in [-0.2, 0) is 0 Å². The topological polar surface area (TPSA) is 21.3 Å². The largest absolute Gasteiger partial charge is 0.489 e. The Morgan fingerprint density at radius 1 is 1.22 bits per heavy atom. The summed E-state index contributed by atoms with van der Waals surface area (Å²) in [6.07, 6.45) is 7.35. The van der Waals surface area contributed by atoms with Crippen LogP contribution in [0.25, 0.3) is 0 Å². The second kappa shape index (κ2) is 6.05. The van der Waals surface area contributed by atoms with E-state index in [1.807, 2.05) is 37.4 Å². The van der Waals surface area contributed by atoms with E-state index in [9.17, 15) is 4.39 Å². The molecule has 0 heterocycles. The lowest BCUT2D eigenvalue weighted by Gasteiger charge is -2.07. The first-order chi connectivity index (χ1) is 8.78. The summed E-state index contributed by atoms with van der Waals surface area (Å²) in [5, 5.41) is 3.04. The zero-order valence-electron chi connectivity index (χ0n) is 10.3. The number of halogens is 1. The van der Waals surface area contributed by atoms with E-state index in [0.29, 0.717) is 6.61 Å². The van der Waals surface area contributed by atoms with Crippen molar-refractivity contribution in [1.29, 1.82) is 0 Å². The van der Waals surface area contributed by atoms with Gasteiger partial charge in [-0.05, 0) is 42.0 Å². The van der Waals surface area contributed by atoms with Crippen molar-refractivity contribution in [2.75, 3.05) is 19.0 Å². The molecule has 94 valence electrons. The van der Waals surface area contributed by atoms with E-state index < -0.39 is 6.17 Å². The van der Waals surface area contributed by atoms with Crippen LogP contribution in [0.15, 0.2) is 60.2 Å². The van der Waals surface area contributed by atoms with E-state index in [0.717, 1.165) is 17.0 Å². The van der Waals surface area contributed by atoms with Crippen molar-refractivity contribution in [3.63, 3.8) is 0 Å². The Hall–Kier alpha value is -2.03. The molecule has 0 bridgehead atoms. The maximum Gasteiger partial charge on any atom is 0.137 e. The lowest BCUT2D eigenvalue weighted by Crippen LogP contribution is -1.99. The number of ether oxygens (including phenoxy) is 1. The molecule has 1 atom stereocenters. The fourth-order valence-electron chi connectivity index (χ4n) is 1.60. The van der Waals surface area contributed by atoms with E-state index in [2.05, 4.69) is 5.32 Å². The molecular formula is C15H16FNO. The number of alkyl halides is 1. The Morgan fingerprint density at radius 3 is 2.72 bits per heavy atom. The molecular weight excluding hydrogens is 229 g/mol. The average Bonchev–Trinajstić information content (AvgIpc) is 2.62. The molecule has 2 rings (SSSR count). The molecule has 0 aromatic heterocycles. The molecule has 1 aliphatic carbocycles. The summed E-state index contributed by atoms with van der Waals surface area (Å²) in [5.41, 5.74) is 1.99. The van der Waals surface area contributed by atoms with Crippen molar-refractivity contribution >= 4 is 5.69 Å². The summed E-state index contributed by atoms with van der Waals surface area (Å²) in [4.78, 5) is 0. The van der Waals surface area contributed by atoms with Crippen LogP contribution in [0.2, 0.25) is 0 Å². The smallest absolute Gasteiger partial charge is 0.137 e. The van der Waals surface area contributed by atoms with Gasteiger partial charge in [-0.15, -0.1) is 0 Å². The van der Waals surface area contributed by atoms with Gasteiger partial charge in [0, 0.05) is 12.7 Å². The van der Waals surface area contributed by atoms with E-state index in [1.165, 1.54) is 12.2 Å². The van der Waals surface area contributed by atoms with Crippen LogP contribution in [0.5, 0.6) is 5.75 Å². The van der Waals surface area contributed by atoms with Gasteiger partial charge in [-0.3, -0.25) is 0 Å². The highest BCUT2D eigenvalue weighted by molar-refractivity contribution is 5.45. The number of nitrogens with one attached hydrogen (secondary N) is 1. The van der Waals surface area contributed by atoms with Crippen LogP contribution in [0.1, 0.15) is 0 Å². The van der Waals surface area contributed by atoms with Gasteiger partial charge < -0.3 is 10.1 Å². The Morgan fingerprint density at radius 2 is 2.00 bits per heavy atom. The fraction of sp³-hybridized carbons (Fsp3) is 0.200. The third-order valence-electron chi connectivity index (χ3n) is 2.65. The number of hydrogen-bond donors (Lipinski definition) is 1. The Balaban J connectivity index is 1.93. The highest BCUT2D eigenvalue weighted by atomic mass is 19.1. The normalized spacial score (nSPS) is 18.1. The van der Waals surface area contributed by atoms with Crippen molar-refractivity contribution in [2.45, 2.75) is 6.17 Å². The predicted octanol–water partition coefficient (Wildman–Crippen LogP) is 3.50. The van der Waals surface area contributed by atoms with Crippen molar-refractivity contribution in [3.05, 3.63) is 60.2 Å². The summed E-state index contributed by atoms with van der Waals surface area (Å²) < 4.78 is 18.6. The SMILES string of the molecule is CNc1ccc(OCC2=CC=CC(F)C=C2)cc1. The first-order valence-corrected chi connectivity index (χ1v) is 5.88. The van der Waals surface area contributed by atoms with Crippen LogP contribution < -0.4 is 10.1 Å². The lowest BCUT2D eigenvalue weighted by molar-refractivity contribution is 0.355. The number of hydrogen-bond acceptors (Lipinski definition) is 2. The summed E-state index contributed by atoms with van der Waals surface area (Å²) >= 11 is 0. The molecule has 3 heteroatoms. The monoisotopic (exact) mass is 245 g/mol. The first kappa shape index (κ1) is 12.4. The fourth-order valence-corrected chi connectivity index (χ4v) is 1.60. The standard InChI is InChI=1S/C15H16FNO/c1-17-14-7-9-15(10-8-14)18-11-12-3-2-4-13(16)6-5-12/h2-10,13,17H,11H2,1H3. The number of anilines is 1. The van der Waals surface area contributed by atoms with Gasteiger partial charge in [0.15, 0.2) is 0 Å². The molecule has 18 heavy (non-hydrogen) atoms. The van der Waals surface area contributed by atoms with Crippen molar-refractivity contribution in [3.8, 4) is 5.75 Å². The van der Waals surface area contributed by atoms with Gasteiger partial charge in [0.2, 0.25) is 0 Å². The maximum absolute atomic E-state index is 13.0. The minimum atomic E-state index is -1.01. The zero-order valence-corrected chi connectivity index (χ0v) is 10.3. The third-order valence-corrected chi connectivity index (χ3v) is 2.65. The van der Waals surface area contributed by atoms with Crippen molar-refractivity contribution in [2.24, 2.45) is 0 Å².